The molecule has 1 unspecified atom stereocenters. The van der Waals surface area contributed by atoms with Crippen LogP contribution in [0.5, 0.6) is 0 Å². The summed E-state index contributed by atoms with van der Waals surface area (Å²) >= 11 is 2.67. The van der Waals surface area contributed by atoms with Crippen LogP contribution in [0.1, 0.15) is 17.0 Å². The van der Waals surface area contributed by atoms with Crippen LogP contribution in [0.4, 0.5) is 25.3 Å². The summed E-state index contributed by atoms with van der Waals surface area (Å²) in [6.07, 6.45) is 0.328. The van der Waals surface area contributed by atoms with Crippen molar-refractivity contribution in [3.8, 4) is 17.3 Å². The third-order valence-electron chi connectivity index (χ3n) is 6.50. The molecule has 3 aromatic heterocycles. The minimum atomic E-state index is -0.947. The highest BCUT2D eigenvalue weighted by Gasteiger charge is 2.31. The van der Waals surface area contributed by atoms with E-state index in [9.17, 15) is 19.6 Å². The van der Waals surface area contributed by atoms with Crippen LogP contribution in [-0.2, 0) is 11.2 Å². The van der Waals surface area contributed by atoms with Crippen molar-refractivity contribution in [2.75, 3.05) is 50.7 Å². The Labute approximate surface area is 225 Å². The maximum Gasteiger partial charge on any atom is 0.407 e. The Hall–Kier alpha value is -3.80. The first-order valence-corrected chi connectivity index (χ1v) is 13.4. The number of halogens is 1. The van der Waals surface area contributed by atoms with Gasteiger partial charge in [0.25, 0.3) is 0 Å². The molecule has 1 aliphatic heterocycles. The zero-order chi connectivity index (χ0) is 27.0. The van der Waals surface area contributed by atoms with E-state index in [1.165, 1.54) is 39.7 Å². The van der Waals surface area contributed by atoms with Crippen molar-refractivity contribution in [3.05, 3.63) is 40.7 Å². The quantitative estimate of drug-likeness (QED) is 0.342. The molecule has 14 heteroatoms. The van der Waals surface area contributed by atoms with Crippen molar-refractivity contribution in [1.82, 2.24) is 24.5 Å². The van der Waals surface area contributed by atoms with Gasteiger partial charge in [-0.15, -0.1) is 5.10 Å². The van der Waals surface area contributed by atoms with Crippen LogP contribution in [0.25, 0.3) is 16.2 Å². The summed E-state index contributed by atoms with van der Waals surface area (Å²) < 4.78 is 20.5. The Morgan fingerprint density at radius 1 is 1.29 bits per heavy atom. The topological polar surface area (TPSA) is 123 Å². The van der Waals surface area contributed by atoms with Crippen LogP contribution in [0.2, 0.25) is 0 Å². The van der Waals surface area contributed by atoms with Crippen molar-refractivity contribution < 1.29 is 19.0 Å². The number of hydrogen-bond donors (Lipinski definition) is 1. The van der Waals surface area contributed by atoms with E-state index in [0.717, 1.165) is 17.2 Å². The smallest absolute Gasteiger partial charge is 0.407 e. The number of hydrogen-bond acceptors (Lipinski definition) is 10. The lowest BCUT2D eigenvalue weighted by Gasteiger charge is -2.21. The fraction of sp³-hybridized carbons (Fsp3) is 0.375. The number of methoxy groups -OCH3 is 1. The molecule has 1 aliphatic rings. The molecule has 5 rings (SSSR count). The second kappa shape index (κ2) is 10.5. The first kappa shape index (κ1) is 25.8. The van der Waals surface area contributed by atoms with E-state index in [1.807, 2.05) is 11.9 Å². The van der Waals surface area contributed by atoms with Gasteiger partial charge in [-0.2, -0.15) is 9.78 Å². The summed E-state index contributed by atoms with van der Waals surface area (Å²) in [6, 6.07) is 8.00. The fourth-order valence-electron chi connectivity index (χ4n) is 4.41. The van der Waals surface area contributed by atoms with Crippen molar-refractivity contribution in [2.24, 2.45) is 0 Å². The normalized spacial score (nSPS) is 15.2. The van der Waals surface area contributed by atoms with Gasteiger partial charge in [0.1, 0.15) is 22.5 Å². The monoisotopic (exact) mass is 556 g/mol. The van der Waals surface area contributed by atoms with E-state index in [4.69, 9.17) is 19.8 Å². The molecule has 1 aromatic carbocycles. The number of aromatic nitrogens is 4. The molecule has 0 radical (unpaired) electrons. The van der Waals surface area contributed by atoms with Crippen molar-refractivity contribution in [2.45, 2.75) is 18.9 Å². The maximum absolute atomic E-state index is 13.5. The van der Waals surface area contributed by atoms with Crippen LogP contribution in [0.15, 0.2) is 24.3 Å². The zero-order valence-corrected chi connectivity index (χ0v) is 22.6. The molecule has 1 fully saturated rings. The SMILES string of the molecule is COCCc1nc2sc(N3CCC(N(C)C(=O)O)C3)nn2c1N(C)c1nc(-c2ccc(F)cc2)c(C#N)s1. The van der Waals surface area contributed by atoms with Gasteiger partial charge in [-0.25, -0.2) is 19.2 Å². The number of thiazole rings is 1. The molecule has 1 N–H and O–H groups in total. The molecule has 11 nitrogen and oxygen atoms in total. The van der Waals surface area contributed by atoms with Crippen LogP contribution in [-0.4, -0.2) is 82.6 Å². The zero-order valence-electron chi connectivity index (χ0n) is 21.0. The number of fused-ring (bicyclic) bond motifs is 1. The van der Waals surface area contributed by atoms with Gasteiger partial charge in [0, 0.05) is 46.3 Å². The van der Waals surface area contributed by atoms with Crippen molar-refractivity contribution in [1.29, 1.82) is 5.26 Å². The van der Waals surface area contributed by atoms with Crippen LogP contribution in [0, 0.1) is 17.1 Å². The highest BCUT2D eigenvalue weighted by atomic mass is 32.1. The summed E-state index contributed by atoms with van der Waals surface area (Å²) in [7, 11) is 5.07. The molecule has 0 spiro atoms. The minimum Gasteiger partial charge on any atom is -0.465 e. The maximum atomic E-state index is 13.5. The van der Waals surface area contributed by atoms with Gasteiger partial charge >= 0.3 is 6.09 Å². The molecule has 1 atom stereocenters. The number of likely N-dealkylation sites (N-methyl/N-ethyl adjacent to an activating group) is 1. The number of imidazole rings is 1. The Morgan fingerprint density at radius 2 is 2.05 bits per heavy atom. The van der Waals surface area contributed by atoms with Gasteiger partial charge in [-0.1, -0.05) is 22.7 Å². The molecule has 4 aromatic rings. The Bertz CT molecular complexity index is 1510. The number of carboxylic acid groups (broad SMARTS) is 1. The molecule has 38 heavy (non-hydrogen) atoms. The number of benzene rings is 1. The van der Waals surface area contributed by atoms with Crippen molar-refractivity contribution in [3.63, 3.8) is 0 Å². The number of rotatable bonds is 8. The predicted molar refractivity (Wildman–Crippen MR) is 143 cm³/mol. The first-order valence-electron chi connectivity index (χ1n) is 11.8. The highest BCUT2D eigenvalue weighted by molar-refractivity contribution is 7.20. The van der Waals surface area contributed by atoms with Crippen molar-refractivity contribution >= 4 is 49.8 Å². The summed E-state index contributed by atoms with van der Waals surface area (Å²) in [6.45, 7) is 1.72. The van der Waals surface area contributed by atoms with Gasteiger partial charge < -0.3 is 24.5 Å². The van der Waals surface area contributed by atoms with Crippen LogP contribution >= 0.6 is 22.7 Å². The Kier molecular flexibility index (Phi) is 7.15. The van der Waals surface area contributed by atoms with Gasteiger partial charge in [0.2, 0.25) is 10.1 Å². The second-order valence-corrected chi connectivity index (χ2v) is 10.7. The number of amides is 1. The number of nitrogens with zero attached hydrogens (tertiary/aromatic N) is 8. The number of carbonyl (C=O) groups is 1. The third kappa shape index (κ3) is 4.75. The average Bonchev–Trinajstić information content (AvgIpc) is 3.69. The first-order chi connectivity index (χ1) is 18.3. The molecule has 0 saturated carbocycles. The molecule has 1 amide bonds. The van der Waals surface area contributed by atoms with Gasteiger partial charge in [-0.3, -0.25) is 0 Å². The van der Waals surface area contributed by atoms with Crippen LogP contribution < -0.4 is 9.80 Å². The molecule has 0 bridgehead atoms. The standard InChI is InChI=1S/C24H25FN8O3S2/c1-30(24(34)35)16-8-10-32(13-16)23-29-33-20(17(9-11-36-3)27-22(33)38-23)31(2)21-28-19(18(12-26)37-21)14-4-6-15(25)7-5-14/h4-7,16H,8-11,13H2,1-3H3,(H,34,35). The molecule has 198 valence electrons. The summed E-state index contributed by atoms with van der Waals surface area (Å²) in [4.78, 5) is 27.3. The number of ether oxygens (including phenoxy) is 1. The largest absolute Gasteiger partial charge is 0.465 e. The summed E-state index contributed by atoms with van der Waals surface area (Å²) in [5.74, 6) is 0.351. The van der Waals surface area contributed by atoms with Gasteiger partial charge in [0.05, 0.1) is 18.3 Å². The Balaban J connectivity index is 1.50. The van der Waals surface area contributed by atoms with E-state index in [-0.39, 0.29) is 11.9 Å². The second-order valence-electron chi connectivity index (χ2n) is 8.84. The number of nitriles is 1. The molecule has 1 saturated heterocycles. The minimum absolute atomic E-state index is 0.104. The van der Waals surface area contributed by atoms with E-state index < -0.39 is 6.09 Å². The van der Waals surface area contributed by atoms with Gasteiger partial charge in [-0.05, 0) is 30.7 Å². The van der Waals surface area contributed by atoms with E-state index in [2.05, 4.69) is 11.0 Å². The molecular weight excluding hydrogens is 531 g/mol. The predicted octanol–water partition coefficient (Wildman–Crippen LogP) is 4.07. The summed E-state index contributed by atoms with van der Waals surface area (Å²) in [5, 5.41) is 25.3. The van der Waals surface area contributed by atoms with E-state index >= 15 is 0 Å². The average molecular weight is 557 g/mol. The highest BCUT2D eigenvalue weighted by Crippen LogP contribution is 2.38. The fourth-order valence-corrected chi connectivity index (χ4v) is 6.21. The van der Waals surface area contributed by atoms with E-state index in [0.29, 0.717) is 58.2 Å². The molecule has 4 heterocycles. The van der Waals surface area contributed by atoms with Gasteiger partial charge in [0.15, 0.2) is 10.9 Å². The third-order valence-corrected chi connectivity index (χ3v) is 8.51. The molecular formula is C24H25FN8O3S2. The lowest BCUT2D eigenvalue weighted by molar-refractivity contribution is 0.142. The molecule has 0 aliphatic carbocycles. The Morgan fingerprint density at radius 3 is 2.74 bits per heavy atom. The van der Waals surface area contributed by atoms with E-state index in [1.54, 1.807) is 30.8 Å². The lowest BCUT2D eigenvalue weighted by Crippen LogP contribution is -2.38. The lowest BCUT2D eigenvalue weighted by atomic mass is 10.1. The van der Waals surface area contributed by atoms with Crippen LogP contribution in [0.3, 0.4) is 0 Å². The summed E-state index contributed by atoms with van der Waals surface area (Å²) in [5.41, 5.74) is 1.92. The number of anilines is 3.